The Balaban J connectivity index is 2.82. The molecule has 0 spiro atoms. The van der Waals surface area contributed by atoms with Crippen molar-refractivity contribution in [3.8, 4) is 5.75 Å². The summed E-state index contributed by atoms with van der Waals surface area (Å²) in [5, 5.41) is 4.54. The Labute approximate surface area is 113 Å². The van der Waals surface area contributed by atoms with E-state index in [2.05, 4.69) is 5.10 Å². The second-order valence-corrected chi connectivity index (χ2v) is 5.30. The van der Waals surface area contributed by atoms with Crippen molar-refractivity contribution in [3.63, 3.8) is 0 Å². The molecule has 0 aliphatic rings. The van der Waals surface area contributed by atoms with Gasteiger partial charge in [0.15, 0.2) is 5.78 Å². The Morgan fingerprint density at radius 1 is 1.32 bits per heavy atom. The van der Waals surface area contributed by atoms with Crippen LogP contribution in [0, 0.1) is 5.92 Å². The predicted octanol–water partition coefficient (Wildman–Crippen LogP) is 3.31. The molecule has 0 bridgehead atoms. The SMILES string of the molecule is COc1cccn2nc(C(C)C)c(C(=O)C(C)C)c12. The standard InChI is InChI=1S/C15H20N2O2/c1-9(2)13-12(15(18)10(3)4)14-11(19-5)7-6-8-17(14)16-13/h6-10H,1-5H3. The fourth-order valence-corrected chi connectivity index (χ4v) is 2.19. The van der Waals surface area contributed by atoms with Crippen LogP contribution in [0.5, 0.6) is 5.75 Å². The van der Waals surface area contributed by atoms with Gasteiger partial charge in [0.1, 0.15) is 11.3 Å². The number of carbonyl (C=O) groups is 1. The van der Waals surface area contributed by atoms with Crippen LogP contribution < -0.4 is 4.74 Å². The smallest absolute Gasteiger partial charge is 0.169 e. The van der Waals surface area contributed by atoms with Gasteiger partial charge in [-0.1, -0.05) is 27.7 Å². The van der Waals surface area contributed by atoms with Gasteiger partial charge in [-0.25, -0.2) is 4.52 Å². The number of hydrogen-bond donors (Lipinski definition) is 0. The van der Waals surface area contributed by atoms with Crippen molar-refractivity contribution >= 4 is 11.3 Å². The second kappa shape index (κ2) is 5.03. The molecule has 0 fully saturated rings. The van der Waals surface area contributed by atoms with E-state index in [9.17, 15) is 4.79 Å². The van der Waals surface area contributed by atoms with Crippen molar-refractivity contribution in [2.45, 2.75) is 33.6 Å². The van der Waals surface area contributed by atoms with E-state index in [4.69, 9.17) is 4.74 Å². The van der Waals surface area contributed by atoms with E-state index in [0.717, 1.165) is 11.2 Å². The van der Waals surface area contributed by atoms with Crippen molar-refractivity contribution < 1.29 is 9.53 Å². The molecule has 0 atom stereocenters. The summed E-state index contributed by atoms with van der Waals surface area (Å²) in [7, 11) is 1.61. The van der Waals surface area contributed by atoms with E-state index in [-0.39, 0.29) is 17.6 Å². The Morgan fingerprint density at radius 2 is 2.00 bits per heavy atom. The molecule has 0 aliphatic heterocycles. The van der Waals surface area contributed by atoms with E-state index in [0.29, 0.717) is 11.3 Å². The van der Waals surface area contributed by atoms with Gasteiger partial charge in [0.2, 0.25) is 0 Å². The molecule has 19 heavy (non-hydrogen) atoms. The van der Waals surface area contributed by atoms with Crippen molar-refractivity contribution in [2.24, 2.45) is 5.92 Å². The molecule has 4 nitrogen and oxygen atoms in total. The van der Waals surface area contributed by atoms with Gasteiger partial charge in [-0.05, 0) is 18.1 Å². The van der Waals surface area contributed by atoms with Crippen LogP contribution in [-0.2, 0) is 0 Å². The van der Waals surface area contributed by atoms with Crippen LogP contribution in [0.25, 0.3) is 5.52 Å². The molecule has 0 N–H and O–H groups in total. The zero-order chi connectivity index (χ0) is 14.2. The first-order valence-electron chi connectivity index (χ1n) is 6.56. The summed E-state index contributed by atoms with van der Waals surface area (Å²) < 4.78 is 7.12. The lowest BCUT2D eigenvalue weighted by molar-refractivity contribution is 0.0939. The molecule has 0 saturated heterocycles. The number of ketones is 1. The third-order valence-electron chi connectivity index (χ3n) is 3.18. The fourth-order valence-electron chi connectivity index (χ4n) is 2.19. The zero-order valence-electron chi connectivity index (χ0n) is 12.1. The number of nitrogens with zero attached hydrogens (tertiary/aromatic N) is 2. The number of pyridine rings is 1. The average Bonchev–Trinajstić information content (AvgIpc) is 2.76. The zero-order valence-corrected chi connectivity index (χ0v) is 12.1. The van der Waals surface area contributed by atoms with Gasteiger partial charge in [-0.2, -0.15) is 5.10 Å². The molecular weight excluding hydrogens is 240 g/mol. The van der Waals surface area contributed by atoms with Gasteiger partial charge < -0.3 is 4.74 Å². The monoisotopic (exact) mass is 260 g/mol. The number of fused-ring (bicyclic) bond motifs is 1. The van der Waals surface area contributed by atoms with Crippen LogP contribution in [0.15, 0.2) is 18.3 Å². The predicted molar refractivity (Wildman–Crippen MR) is 75.0 cm³/mol. The van der Waals surface area contributed by atoms with Crippen LogP contribution in [-0.4, -0.2) is 22.5 Å². The first kappa shape index (κ1) is 13.6. The maximum atomic E-state index is 12.5. The van der Waals surface area contributed by atoms with Gasteiger partial charge in [-0.15, -0.1) is 0 Å². The highest BCUT2D eigenvalue weighted by Gasteiger charge is 2.25. The van der Waals surface area contributed by atoms with Crippen LogP contribution >= 0.6 is 0 Å². The third kappa shape index (κ3) is 2.23. The molecule has 2 aromatic rings. The molecule has 102 valence electrons. The van der Waals surface area contributed by atoms with Gasteiger partial charge in [0.05, 0.1) is 18.4 Å². The van der Waals surface area contributed by atoms with E-state index >= 15 is 0 Å². The summed E-state index contributed by atoms with van der Waals surface area (Å²) in [6.45, 7) is 7.91. The first-order valence-corrected chi connectivity index (χ1v) is 6.56. The van der Waals surface area contributed by atoms with E-state index in [1.54, 1.807) is 11.6 Å². The van der Waals surface area contributed by atoms with E-state index < -0.39 is 0 Å². The quantitative estimate of drug-likeness (QED) is 0.792. The molecule has 0 unspecified atom stereocenters. The number of hydrogen-bond acceptors (Lipinski definition) is 3. The molecule has 0 aromatic carbocycles. The maximum Gasteiger partial charge on any atom is 0.169 e. The molecule has 0 aliphatic carbocycles. The van der Waals surface area contributed by atoms with Crippen LogP contribution in [0.3, 0.4) is 0 Å². The molecule has 2 rings (SSSR count). The highest BCUT2D eigenvalue weighted by Crippen LogP contribution is 2.30. The lowest BCUT2D eigenvalue weighted by atomic mass is 9.95. The van der Waals surface area contributed by atoms with Crippen molar-refractivity contribution in [3.05, 3.63) is 29.6 Å². The van der Waals surface area contributed by atoms with Crippen LogP contribution in [0.1, 0.15) is 49.7 Å². The van der Waals surface area contributed by atoms with Crippen molar-refractivity contribution in [2.75, 3.05) is 7.11 Å². The van der Waals surface area contributed by atoms with Gasteiger partial charge in [-0.3, -0.25) is 4.79 Å². The first-order chi connectivity index (χ1) is 8.97. The Bertz CT molecular complexity index is 612. The normalized spacial score (nSPS) is 11.5. The number of methoxy groups -OCH3 is 1. The minimum atomic E-state index is -0.0598. The minimum Gasteiger partial charge on any atom is -0.494 e. The molecular formula is C15H20N2O2. The van der Waals surface area contributed by atoms with Gasteiger partial charge in [0.25, 0.3) is 0 Å². The summed E-state index contributed by atoms with van der Waals surface area (Å²) in [5.74, 6) is 0.937. The van der Waals surface area contributed by atoms with Gasteiger partial charge in [0, 0.05) is 12.1 Å². The Kier molecular flexibility index (Phi) is 3.60. The Hall–Kier alpha value is -1.84. The summed E-state index contributed by atoms with van der Waals surface area (Å²) in [6, 6.07) is 3.73. The number of aromatic nitrogens is 2. The molecule has 2 aromatic heterocycles. The molecule has 0 radical (unpaired) electrons. The average molecular weight is 260 g/mol. The number of carbonyl (C=O) groups excluding carboxylic acids is 1. The number of rotatable bonds is 4. The Morgan fingerprint density at radius 3 is 2.53 bits per heavy atom. The lowest BCUT2D eigenvalue weighted by Gasteiger charge is -2.09. The minimum absolute atomic E-state index is 0.0598. The highest BCUT2D eigenvalue weighted by atomic mass is 16.5. The molecule has 2 heterocycles. The molecule has 0 saturated carbocycles. The van der Waals surface area contributed by atoms with Crippen LogP contribution in [0.2, 0.25) is 0 Å². The maximum absolute atomic E-state index is 12.5. The highest BCUT2D eigenvalue weighted by molar-refractivity contribution is 6.06. The summed E-state index contributed by atoms with van der Waals surface area (Å²) in [4.78, 5) is 12.5. The molecule has 4 heteroatoms. The third-order valence-corrected chi connectivity index (χ3v) is 3.18. The van der Waals surface area contributed by atoms with Crippen molar-refractivity contribution in [1.29, 1.82) is 0 Å². The molecule has 0 amide bonds. The van der Waals surface area contributed by atoms with Gasteiger partial charge >= 0.3 is 0 Å². The largest absolute Gasteiger partial charge is 0.494 e. The van der Waals surface area contributed by atoms with E-state index in [1.165, 1.54) is 0 Å². The second-order valence-electron chi connectivity index (χ2n) is 5.30. The summed E-state index contributed by atoms with van der Waals surface area (Å²) >= 11 is 0. The van der Waals surface area contributed by atoms with Crippen LogP contribution in [0.4, 0.5) is 0 Å². The van der Waals surface area contributed by atoms with Crippen molar-refractivity contribution in [1.82, 2.24) is 9.61 Å². The summed E-state index contributed by atoms with van der Waals surface area (Å²) in [5.41, 5.74) is 2.30. The number of ether oxygens (including phenoxy) is 1. The fraction of sp³-hybridized carbons (Fsp3) is 0.467. The lowest BCUT2D eigenvalue weighted by Crippen LogP contribution is -2.10. The topological polar surface area (TPSA) is 43.6 Å². The number of Topliss-reactive ketones (excluding diaryl/α,β-unsaturated/α-hetero) is 1. The van der Waals surface area contributed by atoms with E-state index in [1.807, 2.05) is 46.0 Å². The summed E-state index contributed by atoms with van der Waals surface area (Å²) in [6.07, 6.45) is 1.85.